The number of nitrogens with zero attached hydrogens (tertiary/aromatic N) is 1. The number of carboxylic acids is 1. The van der Waals surface area contributed by atoms with E-state index < -0.39 is 48.5 Å². The molecule has 0 aliphatic carbocycles. The predicted molar refractivity (Wildman–Crippen MR) is 106 cm³/mol. The van der Waals surface area contributed by atoms with Crippen LogP contribution in [-0.4, -0.2) is 65.6 Å². The number of carbonyl (C=O) groups is 2. The molecule has 1 aliphatic rings. The molecule has 0 spiro atoms. The van der Waals surface area contributed by atoms with Gasteiger partial charge in [-0.15, -0.1) is 0 Å². The number of amides is 1. The minimum Gasteiger partial charge on any atom is -0.490 e. The lowest BCUT2D eigenvalue weighted by Gasteiger charge is -2.33. The number of benzene rings is 1. The second-order valence-corrected chi connectivity index (χ2v) is 8.62. The van der Waals surface area contributed by atoms with Crippen molar-refractivity contribution in [2.75, 3.05) is 19.7 Å². The third-order valence-electron chi connectivity index (χ3n) is 4.60. The zero-order valence-corrected chi connectivity index (χ0v) is 18.4. The van der Waals surface area contributed by atoms with Crippen molar-refractivity contribution < 1.29 is 50.9 Å². The Bertz CT molecular complexity index is 845. The maximum Gasteiger partial charge on any atom is 0.456 e. The topological polar surface area (TPSA) is 85.3 Å². The Labute approximate surface area is 187 Å². The Morgan fingerprint density at radius 3 is 2.21 bits per heavy atom. The molecule has 1 saturated heterocycles. The highest BCUT2D eigenvalue weighted by Gasteiger charge is 2.58. The van der Waals surface area contributed by atoms with Crippen LogP contribution in [0, 0.1) is 0 Å². The van der Waals surface area contributed by atoms with Crippen molar-refractivity contribution in [3.63, 3.8) is 0 Å². The van der Waals surface area contributed by atoms with Gasteiger partial charge in [-0.2, -0.15) is 22.0 Å². The van der Waals surface area contributed by atoms with Gasteiger partial charge in [0.1, 0.15) is 23.2 Å². The summed E-state index contributed by atoms with van der Waals surface area (Å²) >= 11 is 0. The SMILES string of the molecule is CC(C)(C)OC(=O)N1CCC(Oc2ccc(CC(=O)O)c(OCC(F)(F)C(F)(F)F)c2)CC1. The first-order chi connectivity index (χ1) is 15.1. The van der Waals surface area contributed by atoms with Gasteiger partial charge < -0.3 is 24.2 Å². The Hall–Kier alpha value is -2.79. The van der Waals surface area contributed by atoms with E-state index in [0.29, 0.717) is 25.9 Å². The van der Waals surface area contributed by atoms with Crippen LogP contribution in [0.4, 0.5) is 26.7 Å². The molecule has 7 nitrogen and oxygen atoms in total. The highest BCUT2D eigenvalue weighted by atomic mass is 19.4. The van der Waals surface area contributed by atoms with E-state index in [1.54, 1.807) is 20.8 Å². The normalized spacial score (nSPS) is 15.8. The van der Waals surface area contributed by atoms with Gasteiger partial charge in [0, 0.05) is 37.6 Å². The van der Waals surface area contributed by atoms with E-state index in [-0.39, 0.29) is 17.4 Å². The molecule has 1 aromatic rings. The van der Waals surface area contributed by atoms with E-state index in [1.165, 1.54) is 17.0 Å². The molecule has 186 valence electrons. The molecule has 0 atom stereocenters. The highest BCUT2D eigenvalue weighted by molar-refractivity contribution is 5.71. The zero-order valence-electron chi connectivity index (χ0n) is 18.4. The molecule has 2 rings (SSSR count). The number of likely N-dealkylation sites (tertiary alicyclic amines) is 1. The molecular weight excluding hydrogens is 457 g/mol. The second-order valence-electron chi connectivity index (χ2n) is 8.62. The molecule has 33 heavy (non-hydrogen) atoms. The zero-order chi connectivity index (χ0) is 25.0. The van der Waals surface area contributed by atoms with Crippen molar-refractivity contribution in [2.45, 2.75) is 63.8 Å². The monoisotopic (exact) mass is 483 g/mol. The Kier molecular flexibility index (Phi) is 8.02. The van der Waals surface area contributed by atoms with Gasteiger partial charge in [-0.05, 0) is 26.8 Å². The molecule has 1 N–H and O–H groups in total. The van der Waals surface area contributed by atoms with Crippen molar-refractivity contribution >= 4 is 12.1 Å². The van der Waals surface area contributed by atoms with E-state index >= 15 is 0 Å². The lowest BCUT2D eigenvalue weighted by Crippen LogP contribution is -2.44. The molecular formula is C21H26F5NO6. The molecule has 0 radical (unpaired) electrons. The average molecular weight is 483 g/mol. The van der Waals surface area contributed by atoms with Crippen molar-refractivity contribution in [3.05, 3.63) is 23.8 Å². The highest BCUT2D eigenvalue weighted by Crippen LogP contribution is 2.37. The standard InChI is InChI=1S/C21H26F5NO6/c1-19(2,3)33-18(30)27-8-6-14(7-9-27)32-15-5-4-13(10-17(28)29)16(11-15)31-12-20(22,23)21(24,25)26/h4-5,11,14H,6-10,12H2,1-3H3,(H,28,29). The van der Waals surface area contributed by atoms with Gasteiger partial charge in [-0.25, -0.2) is 4.79 Å². The summed E-state index contributed by atoms with van der Waals surface area (Å²) in [6, 6.07) is 3.71. The summed E-state index contributed by atoms with van der Waals surface area (Å²) in [5.41, 5.74) is -0.714. The number of halogens is 5. The molecule has 0 unspecified atom stereocenters. The van der Waals surface area contributed by atoms with Crippen LogP contribution in [0.5, 0.6) is 11.5 Å². The summed E-state index contributed by atoms with van der Waals surface area (Å²) in [4.78, 5) is 24.7. The van der Waals surface area contributed by atoms with Crippen molar-refractivity contribution in [2.24, 2.45) is 0 Å². The second kappa shape index (κ2) is 10.0. The summed E-state index contributed by atoms with van der Waals surface area (Å²) in [6.07, 6.45) is -6.41. The lowest BCUT2D eigenvalue weighted by molar-refractivity contribution is -0.290. The number of aliphatic carboxylic acids is 1. The van der Waals surface area contributed by atoms with Gasteiger partial charge in [-0.1, -0.05) is 6.07 Å². The minimum absolute atomic E-state index is 0.0763. The molecule has 12 heteroatoms. The van der Waals surface area contributed by atoms with E-state index in [4.69, 9.17) is 14.6 Å². The third kappa shape index (κ3) is 7.93. The fourth-order valence-corrected chi connectivity index (χ4v) is 2.98. The largest absolute Gasteiger partial charge is 0.490 e. The van der Waals surface area contributed by atoms with Gasteiger partial charge in [0.05, 0.1) is 6.42 Å². The molecule has 1 heterocycles. The first-order valence-electron chi connectivity index (χ1n) is 10.1. The number of carbonyl (C=O) groups excluding carboxylic acids is 1. The van der Waals surface area contributed by atoms with Crippen LogP contribution in [0.2, 0.25) is 0 Å². The number of carboxylic acid groups (broad SMARTS) is 1. The number of alkyl halides is 5. The quantitative estimate of drug-likeness (QED) is 0.568. The van der Waals surface area contributed by atoms with Crippen molar-refractivity contribution in [1.29, 1.82) is 0 Å². The third-order valence-corrected chi connectivity index (χ3v) is 4.60. The van der Waals surface area contributed by atoms with Gasteiger partial charge in [0.2, 0.25) is 0 Å². The van der Waals surface area contributed by atoms with Gasteiger partial charge in [-0.3, -0.25) is 4.79 Å². The van der Waals surface area contributed by atoms with Gasteiger partial charge in [0.25, 0.3) is 0 Å². The maximum atomic E-state index is 13.2. The number of hydrogen-bond acceptors (Lipinski definition) is 5. The molecule has 1 aliphatic heterocycles. The van der Waals surface area contributed by atoms with Crippen molar-refractivity contribution in [3.8, 4) is 11.5 Å². The average Bonchev–Trinajstić information content (AvgIpc) is 2.66. The summed E-state index contributed by atoms with van der Waals surface area (Å²) in [7, 11) is 0. The van der Waals surface area contributed by atoms with Crippen LogP contribution in [0.25, 0.3) is 0 Å². The van der Waals surface area contributed by atoms with Crippen molar-refractivity contribution in [1.82, 2.24) is 4.90 Å². The number of hydrogen-bond donors (Lipinski definition) is 1. The molecule has 1 amide bonds. The van der Waals surface area contributed by atoms with E-state index in [0.717, 1.165) is 6.07 Å². The Balaban J connectivity index is 2.05. The summed E-state index contributed by atoms with van der Waals surface area (Å²) in [5, 5.41) is 8.96. The summed E-state index contributed by atoms with van der Waals surface area (Å²) in [5.74, 6) is -6.75. The number of rotatable bonds is 7. The van der Waals surface area contributed by atoms with Gasteiger partial charge in [0.15, 0.2) is 6.61 Å². The maximum absolute atomic E-state index is 13.2. The van der Waals surface area contributed by atoms with E-state index in [1.807, 2.05) is 0 Å². The predicted octanol–water partition coefficient (Wildman–Crippen LogP) is 4.67. The first-order valence-corrected chi connectivity index (χ1v) is 10.1. The molecule has 1 aromatic carbocycles. The minimum atomic E-state index is -5.81. The van der Waals surface area contributed by atoms with Crippen LogP contribution in [0.3, 0.4) is 0 Å². The van der Waals surface area contributed by atoms with E-state index in [2.05, 4.69) is 4.74 Å². The summed E-state index contributed by atoms with van der Waals surface area (Å²) in [6.45, 7) is 3.94. The Morgan fingerprint density at radius 2 is 1.70 bits per heavy atom. The van der Waals surface area contributed by atoms with Gasteiger partial charge >= 0.3 is 24.2 Å². The molecule has 1 fully saturated rings. The molecule has 0 aromatic heterocycles. The molecule has 0 saturated carbocycles. The van der Waals surface area contributed by atoms with Crippen LogP contribution in [-0.2, 0) is 16.0 Å². The van der Waals surface area contributed by atoms with Crippen LogP contribution >= 0.6 is 0 Å². The fraction of sp³-hybridized carbons (Fsp3) is 0.619. The van der Waals surface area contributed by atoms with E-state index in [9.17, 15) is 31.5 Å². The number of ether oxygens (including phenoxy) is 3. The first kappa shape index (κ1) is 26.5. The smallest absolute Gasteiger partial charge is 0.456 e. The van der Waals surface area contributed by atoms with Crippen LogP contribution < -0.4 is 9.47 Å². The van der Waals surface area contributed by atoms with Crippen LogP contribution in [0.1, 0.15) is 39.2 Å². The fourth-order valence-electron chi connectivity index (χ4n) is 2.98. The molecule has 0 bridgehead atoms. The lowest BCUT2D eigenvalue weighted by atomic mass is 10.1. The number of piperidine rings is 1. The van der Waals surface area contributed by atoms with Crippen LogP contribution in [0.15, 0.2) is 18.2 Å². The summed E-state index contributed by atoms with van der Waals surface area (Å²) < 4.78 is 79.5. The Morgan fingerprint density at radius 1 is 1.09 bits per heavy atom.